The molecule has 2 amide bonds. The Kier molecular flexibility index (Phi) is 7.15. The number of rotatable bonds is 10. The van der Waals surface area contributed by atoms with E-state index in [9.17, 15) is 9.59 Å². The minimum absolute atomic E-state index is 0.0946. The lowest BCUT2D eigenvalue weighted by atomic mass is 10.1. The van der Waals surface area contributed by atoms with Gasteiger partial charge in [0.15, 0.2) is 0 Å². The molecule has 1 aliphatic carbocycles. The predicted molar refractivity (Wildman–Crippen MR) is 134 cm³/mol. The number of amides is 2. The first kappa shape index (κ1) is 23.2. The monoisotopic (exact) mass is 505 g/mol. The van der Waals surface area contributed by atoms with Crippen LogP contribution in [-0.4, -0.2) is 37.2 Å². The Hall–Kier alpha value is -3.57. The van der Waals surface area contributed by atoms with Gasteiger partial charge in [0.05, 0.1) is 12.8 Å². The maximum atomic E-state index is 12.2. The Bertz CT molecular complexity index is 1190. The molecule has 3 heterocycles. The quantitative estimate of drug-likeness (QED) is 0.338. The van der Waals surface area contributed by atoms with Crippen LogP contribution in [0, 0.1) is 11.8 Å². The highest BCUT2D eigenvalue weighted by Gasteiger charge is 2.38. The first-order valence-corrected chi connectivity index (χ1v) is 12.9. The Balaban J connectivity index is 1.05. The van der Waals surface area contributed by atoms with Gasteiger partial charge in [0.2, 0.25) is 22.1 Å². The molecule has 4 aromatic rings. The molecule has 0 unspecified atom stereocenters. The summed E-state index contributed by atoms with van der Waals surface area (Å²) in [6.07, 6.45) is 6.69. The molecule has 0 radical (unpaired) electrons. The van der Waals surface area contributed by atoms with Crippen LogP contribution in [0.15, 0.2) is 54.9 Å². The summed E-state index contributed by atoms with van der Waals surface area (Å²) in [5, 5.41) is 25.3. The van der Waals surface area contributed by atoms with Crippen LogP contribution in [0.4, 0.5) is 10.3 Å². The third-order valence-electron chi connectivity index (χ3n) is 5.66. The van der Waals surface area contributed by atoms with Crippen molar-refractivity contribution in [2.45, 2.75) is 32.1 Å². The van der Waals surface area contributed by atoms with E-state index in [1.54, 1.807) is 12.4 Å². The highest BCUT2D eigenvalue weighted by molar-refractivity contribution is 7.15. The summed E-state index contributed by atoms with van der Waals surface area (Å²) >= 11 is 2.85. The summed E-state index contributed by atoms with van der Waals surface area (Å²) in [6, 6.07) is 13.3. The van der Waals surface area contributed by atoms with Crippen LogP contribution in [0.2, 0.25) is 0 Å². The lowest BCUT2D eigenvalue weighted by molar-refractivity contribution is -0.116. The number of carbonyl (C=O) groups is 2. The van der Waals surface area contributed by atoms with Crippen molar-refractivity contribution in [3.8, 4) is 0 Å². The molecule has 0 aliphatic heterocycles. The molecule has 1 saturated carbocycles. The van der Waals surface area contributed by atoms with E-state index in [1.807, 2.05) is 42.5 Å². The van der Waals surface area contributed by atoms with Crippen LogP contribution in [-0.2, 0) is 35.3 Å². The molecule has 1 fully saturated rings. The Labute approximate surface area is 210 Å². The van der Waals surface area contributed by atoms with Gasteiger partial charge in [-0.3, -0.25) is 14.6 Å². The summed E-state index contributed by atoms with van der Waals surface area (Å²) in [5.41, 5.74) is 1.81. The normalized spacial score (nSPS) is 16.6. The first-order chi connectivity index (χ1) is 17.1. The molecule has 3 aromatic heterocycles. The number of benzene rings is 1. The molecule has 9 nitrogen and oxygen atoms in total. The molecule has 35 heavy (non-hydrogen) atoms. The molecule has 5 rings (SSSR count). The van der Waals surface area contributed by atoms with Crippen LogP contribution in [0.1, 0.15) is 27.6 Å². The van der Waals surface area contributed by atoms with Crippen molar-refractivity contribution < 1.29 is 9.59 Å². The summed E-state index contributed by atoms with van der Waals surface area (Å²) in [5.74, 6) is 0.806. The van der Waals surface area contributed by atoms with Crippen molar-refractivity contribution >= 4 is 44.8 Å². The number of nitrogens with one attached hydrogen (secondary N) is 2. The van der Waals surface area contributed by atoms with E-state index >= 15 is 0 Å². The van der Waals surface area contributed by atoms with Gasteiger partial charge < -0.3 is 10.6 Å². The molecule has 178 valence electrons. The van der Waals surface area contributed by atoms with E-state index in [-0.39, 0.29) is 18.2 Å². The minimum atomic E-state index is -0.132. The number of carbonyl (C=O) groups excluding carboxylic acids is 2. The van der Waals surface area contributed by atoms with Gasteiger partial charge in [-0.1, -0.05) is 59.1 Å². The van der Waals surface area contributed by atoms with E-state index in [0.29, 0.717) is 28.5 Å². The van der Waals surface area contributed by atoms with Crippen LogP contribution < -0.4 is 10.6 Å². The maximum Gasteiger partial charge on any atom is 0.230 e. The topological polar surface area (TPSA) is 123 Å². The highest BCUT2D eigenvalue weighted by atomic mass is 32.1. The molecular formula is C24H23N7O2S2. The predicted octanol–water partition coefficient (Wildman–Crippen LogP) is 3.57. The second-order valence-electron chi connectivity index (χ2n) is 8.46. The zero-order chi connectivity index (χ0) is 24.0. The molecule has 0 saturated heterocycles. The zero-order valence-corrected chi connectivity index (χ0v) is 20.4. The lowest BCUT2D eigenvalue weighted by Crippen LogP contribution is -2.14. The SMILES string of the molecule is O=C(Cc1ccccc1)Nc1nnc(C[C@H]2C[C@@H]2Cc2nnc(NC(=O)Cc3cccnc3)s2)s1. The number of aromatic nitrogens is 5. The third kappa shape index (κ3) is 6.74. The molecule has 2 atom stereocenters. The van der Waals surface area contributed by atoms with E-state index in [1.165, 1.54) is 22.7 Å². The van der Waals surface area contributed by atoms with Crippen molar-refractivity contribution in [2.24, 2.45) is 11.8 Å². The standard InChI is InChI=1S/C24H23N7O2S2/c32-19(9-15-5-2-1-3-6-15)26-23-30-28-21(34-23)12-17-11-18(17)13-22-29-31-24(35-22)27-20(33)10-16-7-4-8-25-14-16/h1-8,14,17-18H,9-13H2,(H,26,30,32)(H,27,31,33)/t17-,18-/m1/s1. The third-order valence-corrected chi connectivity index (χ3v) is 7.39. The number of hydrogen-bond acceptors (Lipinski definition) is 9. The summed E-state index contributed by atoms with van der Waals surface area (Å²) in [7, 11) is 0. The van der Waals surface area contributed by atoms with E-state index in [0.717, 1.165) is 40.4 Å². The highest BCUT2D eigenvalue weighted by Crippen LogP contribution is 2.44. The number of pyridine rings is 1. The molecule has 2 N–H and O–H groups in total. The number of hydrogen-bond donors (Lipinski definition) is 2. The maximum absolute atomic E-state index is 12.2. The van der Waals surface area contributed by atoms with Crippen molar-refractivity contribution in [3.05, 3.63) is 76.0 Å². The summed E-state index contributed by atoms with van der Waals surface area (Å²) in [6.45, 7) is 0. The van der Waals surface area contributed by atoms with Crippen LogP contribution in [0.3, 0.4) is 0 Å². The molecule has 11 heteroatoms. The van der Waals surface area contributed by atoms with Gasteiger partial charge in [0.1, 0.15) is 10.0 Å². The first-order valence-electron chi connectivity index (χ1n) is 11.3. The molecule has 0 spiro atoms. The van der Waals surface area contributed by atoms with Gasteiger partial charge in [-0.2, -0.15) is 0 Å². The summed E-state index contributed by atoms with van der Waals surface area (Å²) in [4.78, 5) is 28.5. The van der Waals surface area contributed by atoms with E-state index in [4.69, 9.17) is 0 Å². The number of anilines is 2. The van der Waals surface area contributed by atoms with Crippen molar-refractivity contribution in [1.29, 1.82) is 0 Å². The molecule has 1 aliphatic rings. The van der Waals surface area contributed by atoms with E-state index in [2.05, 4.69) is 36.0 Å². The second-order valence-corrected chi connectivity index (χ2v) is 10.6. The zero-order valence-electron chi connectivity index (χ0n) is 18.8. The second kappa shape index (κ2) is 10.8. The van der Waals surface area contributed by atoms with Gasteiger partial charge in [-0.25, -0.2) is 0 Å². The van der Waals surface area contributed by atoms with E-state index < -0.39 is 0 Å². The Morgan fingerprint density at radius 2 is 1.34 bits per heavy atom. The Morgan fingerprint density at radius 3 is 1.91 bits per heavy atom. The summed E-state index contributed by atoms with van der Waals surface area (Å²) < 4.78 is 0. The lowest BCUT2D eigenvalue weighted by Gasteiger charge is -2.00. The van der Waals surface area contributed by atoms with Gasteiger partial charge >= 0.3 is 0 Å². The molecular weight excluding hydrogens is 482 g/mol. The Morgan fingerprint density at radius 1 is 0.771 bits per heavy atom. The van der Waals surface area contributed by atoms with Gasteiger partial charge in [0.25, 0.3) is 0 Å². The fraction of sp³-hybridized carbons (Fsp3) is 0.292. The van der Waals surface area contributed by atoms with Crippen LogP contribution >= 0.6 is 22.7 Å². The van der Waals surface area contributed by atoms with Crippen LogP contribution in [0.25, 0.3) is 0 Å². The number of nitrogens with zero attached hydrogens (tertiary/aromatic N) is 5. The smallest absolute Gasteiger partial charge is 0.230 e. The van der Waals surface area contributed by atoms with Crippen LogP contribution in [0.5, 0.6) is 0 Å². The van der Waals surface area contributed by atoms with Crippen molar-refractivity contribution in [1.82, 2.24) is 25.4 Å². The minimum Gasteiger partial charge on any atom is -0.300 e. The largest absolute Gasteiger partial charge is 0.300 e. The average molecular weight is 506 g/mol. The van der Waals surface area contributed by atoms with Gasteiger partial charge in [0, 0.05) is 25.2 Å². The average Bonchev–Trinajstić information content (AvgIpc) is 3.18. The van der Waals surface area contributed by atoms with Crippen molar-refractivity contribution in [2.75, 3.05) is 10.6 Å². The van der Waals surface area contributed by atoms with Gasteiger partial charge in [-0.15, -0.1) is 20.4 Å². The molecule has 1 aromatic carbocycles. The van der Waals surface area contributed by atoms with Gasteiger partial charge in [-0.05, 0) is 35.4 Å². The molecule has 0 bridgehead atoms. The fourth-order valence-corrected chi connectivity index (χ4v) is 5.53. The fourth-order valence-electron chi connectivity index (χ4n) is 3.83. The van der Waals surface area contributed by atoms with Crippen molar-refractivity contribution in [3.63, 3.8) is 0 Å².